The Morgan fingerprint density at radius 2 is 2.06 bits per heavy atom. The number of aromatic nitrogens is 3. The summed E-state index contributed by atoms with van der Waals surface area (Å²) in [7, 11) is 0. The third kappa shape index (κ3) is 2.29. The minimum atomic E-state index is 0.00455. The number of hydrogen-bond donors (Lipinski definition) is 0. The molecule has 0 aromatic carbocycles. The van der Waals surface area contributed by atoms with Crippen LogP contribution in [0.1, 0.15) is 11.3 Å². The second-order valence-corrected chi connectivity index (χ2v) is 4.51. The summed E-state index contributed by atoms with van der Waals surface area (Å²) in [6.45, 7) is 2.37. The van der Waals surface area contributed by atoms with Gasteiger partial charge in [-0.3, -0.25) is 14.3 Å². The van der Waals surface area contributed by atoms with Crippen LogP contribution < -0.4 is 5.56 Å². The van der Waals surface area contributed by atoms with Crippen LogP contribution in [0.3, 0.4) is 0 Å². The predicted molar refractivity (Wildman–Crippen MR) is 69.3 cm³/mol. The largest absolute Gasteiger partial charge is 0.294 e. The number of rotatable bonds is 2. The molecule has 0 fully saturated rings. The molecule has 2 rings (SSSR count). The molecule has 5 heteroatoms. The fourth-order valence-electron chi connectivity index (χ4n) is 1.34. The van der Waals surface area contributed by atoms with E-state index in [9.17, 15) is 4.79 Å². The third-order valence-electron chi connectivity index (χ3n) is 2.26. The molecule has 0 unspecified atom stereocenters. The molecule has 2 aromatic heterocycles. The number of pyridine rings is 1. The molecule has 0 amide bonds. The lowest BCUT2D eigenvalue weighted by molar-refractivity contribution is 0.723. The summed E-state index contributed by atoms with van der Waals surface area (Å²) in [5.41, 5.74) is 1.82. The normalized spacial score (nSPS) is 10.4. The average Bonchev–Trinajstić information content (AvgIpc) is 2.31. The first-order valence-corrected chi connectivity index (χ1v) is 5.87. The Morgan fingerprint density at radius 3 is 2.75 bits per heavy atom. The first-order chi connectivity index (χ1) is 7.68. The summed E-state index contributed by atoms with van der Waals surface area (Å²) >= 11 is 2.03. The Hall–Kier alpha value is -1.24. The third-order valence-corrected chi connectivity index (χ3v) is 3.50. The van der Waals surface area contributed by atoms with Gasteiger partial charge in [-0.15, -0.1) is 0 Å². The quantitative estimate of drug-likeness (QED) is 0.787. The molecule has 0 aliphatic heterocycles. The van der Waals surface area contributed by atoms with E-state index in [1.807, 2.05) is 41.6 Å². The molecule has 0 spiro atoms. The van der Waals surface area contributed by atoms with Crippen LogP contribution in [-0.4, -0.2) is 14.5 Å². The van der Waals surface area contributed by atoms with Crippen molar-refractivity contribution in [1.29, 1.82) is 0 Å². The van der Waals surface area contributed by atoms with E-state index in [0.29, 0.717) is 10.1 Å². The highest BCUT2D eigenvalue weighted by atomic mass is 127. The van der Waals surface area contributed by atoms with E-state index in [0.717, 1.165) is 11.3 Å². The zero-order chi connectivity index (χ0) is 11.5. The van der Waals surface area contributed by atoms with Gasteiger partial charge in [-0.25, -0.2) is 4.98 Å². The second-order valence-electron chi connectivity index (χ2n) is 3.43. The van der Waals surface area contributed by atoms with Crippen LogP contribution >= 0.6 is 22.6 Å². The van der Waals surface area contributed by atoms with Gasteiger partial charge in [0.25, 0.3) is 5.56 Å². The molecule has 0 N–H and O–H groups in total. The smallest absolute Gasteiger partial charge is 0.267 e. The number of halogens is 1. The van der Waals surface area contributed by atoms with Gasteiger partial charge < -0.3 is 0 Å². The lowest BCUT2D eigenvalue weighted by atomic mass is 10.3. The van der Waals surface area contributed by atoms with Crippen molar-refractivity contribution in [3.8, 4) is 0 Å². The van der Waals surface area contributed by atoms with E-state index in [4.69, 9.17) is 0 Å². The molecule has 82 valence electrons. The minimum Gasteiger partial charge on any atom is -0.294 e. The molecule has 0 saturated heterocycles. The Morgan fingerprint density at radius 1 is 1.38 bits per heavy atom. The van der Waals surface area contributed by atoms with Gasteiger partial charge in [0.2, 0.25) is 0 Å². The zero-order valence-corrected chi connectivity index (χ0v) is 10.9. The van der Waals surface area contributed by atoms with Gasteiger partial charge >= 0.3 is 0 Å². The first kappa shape index (κ1) is 11.3. The van der Waals surface area contributed by atoms with Gasteiger partial charge in [-0.1, -0.05) is 0 Å². The van der Waals surface area contributed by atoms with Gasteiger partial charge in [0.1, 0.15) is 0 Å². The maximum atomic E-state index is 11.9. The lowest BCUT2D eigenvalue weighted by Gasteiger charge is -2.06. The van der Waals surface area contributed by atoms with Gasteiger partial charge in [0, 0.05) is 12.4 Å². The van der Waals surface area contributed by atoms with Crippen molar-refractivity contribution in [2.45, 2.75) is 13.5 Å². The average molecular weight is 327 g/mol. The van der Waals surface area contributed by atoms with E-state index in [-0.39, 0.29) is 5.56 Å². The summed E-state index contributed by atoms with van der Waals surface area (Å²) < 4.78 is 2.28. The molecule has 4 nitrogen and oxygen atoms in total. The fourth-order valence-corrected chi connectivity index (χ4v) is 1.79. The van der Waals surface area contributed by atoms with Crippen LogP contribution in [0.2, 0.25) is 0 Å². The minimum absolute atomic E-state index is 0.00455. The number of hydrogen-bond acceptors (Lipinski definition) is 3. The summed E-state index contributed by atoms with van der Waals surface area (Å²) in [5.74, 6) is 0. The van der Waals surface area contributed by atoms with E-state index in [1.54, 1.807) is 23.3 Å². The van der Waals surface area contributed by atoms with Crippen LogP contribution in [0.4, 0.5) is 0 Å². The molecule has 0 aliphatic carbocycles. The van der Waals surface area contributed by atoms with Gasteiger partial charge in [0.05, 0.1) is 22.1 Å². The molecule has 0 atom stereocenters. The van der Waals surface area contributed by atoms with Crippen molar-refractivity contribution in [2.24, 2.45) is 0 Å². The standard InChI is InChI=1S/C11H10IN3O/c1-8-10(12)11(16)15(7-14-8)6-9-2-4-13-5-3-9/h2-5,7H,6H2,1H3. The van der Waals surface area contributed by atoms with Crippen molar-refractivity contribution in [3.63, 3.8) is 0 Å². The van der Waals surface area contributed by atoms with E-state index in [1.165, 1.54) is 0 Å². The fraction of sp³-hybridized carbons (Fsp3) is 0.182. The Kier molecular flexibility index (Phi) is 3.33. The van der Waals surface area contributed by atoms with E-state index < -0.39 is 0 Å². The molecular weight excluding hydrogens is 317 g/mol. The van der Waals surface area contributed by atoms with Gasteiger partial charge in [-0.2, -0.15) is 0 Å². The second kappa shape index (κ2) is 4.73. The molecule has 2 aromatic rings. The Labute approximate surface area is 107 Å². The first-order valence-electron chi connectivity index (χ1n) is 4.79. The van der Waals surface area contributed by atoms with Crippen LogP contribution in [0.5, 0.6) is 0 Å². The van der Waals surface area contributed by atoms with Crippen LogP contribution in [0.25, 0.3) is 0 Å². The van der Waals surface area contributed by atoms with Crippen LogP contribution in [-0.2, 0) is 6.54 Å². The molecule has 0 saturated carbocycles. The topological polar surface area (TPSA) is 47.8 Å². The highest BCUT2D eigenvalue weighted by molar-refractivity contribution is 14.1. The number of nitrogens with zero attached hydrogens (tertiary/aromatic N) is 3. The van der Waals surface area contributed by atoms with Crippen LogP contribution in [0.15, 0.2) is 35.6 Å². The maximum absolute atomic E-state index is 11.9. The van der Waals surface area contributed by atoms with Gasteiger partial charge in [0.15, 0.2) is 0 Å². The summed E-state index contributed by atoms with van der Waals surface area (Å²) in [6.07, 6.45) is 5.01. The van der Waals surface area contributed by atoms with Crippen molar-refractivity contribution in [3.05, 3.63) is 56.0 Å². The monoisotopic (exact) mass is 327 g/mol. The summed E-state index contributed by atoms with van der Waals surface area (Å²) in [6, 6.07) is 3.78. The zero-order valence-electron chi connectivity index (χ0n) is 8.72. The van der Waals surface area contributed by atoms with E-state index >= 15 is 0 Å². The molecule has 2 heterocycles. The SMILES string of the molecule is Cc1ncn(Cc2ccncc2)c(=O)c1I. The van der Waals surface area contributed by atoms with E-state index in [2.05, 4.69) is 9.97 Å². The lowest BCUT2D eigenvalue weighted by Crippen LogP contribution is -2.24. The molecule has 16 heavy (non-hydrogen) atoms. The number of aryl methyl sites for hydroxylation is 1. The van der Waals surface area contributed by atoms with Crippen molar-refractivity contribution in [2.75, 3.05) is 0 Å². The highest BCUT2D eigenvalue weighted by Gasteiger charge is 2.05. The molecular formula is C11H10IN3O. The van der Waals surface area contributed by atoms with Crippen LogP contribution in [0, 0.1) is 10.5 Å². The van der Waals surface area contributed by atoms with Crippen molar-refractivity contribution >= 4 is 22.6 Å². The summed E-state index contributed by atoms with van der Waals surface area (Å²) in [4.78, 5) is 20.0. The highest BCUT2D eigenvalue weighted by Crippen LogP contribution is 2.03. The summed E-state index contributed by atoms with van der Waals surface area (Å²) in [5, 5.41) is 0. The van der Waals surface area contributed by atoms with Crippen molar-refractivity contribution < 1.29 is 0 Å². The predicted octanol–water partition coefficient (Wildman–Crippen LogP) is 1.60. The van der Waals surface area contributed by atoms with Gasteiger partial charge in [-0.05, 0) is 47.2 Å². The Balaban J connectivity index is 2.37. The molecule has 0 radical (unpaired) electrons. The molecule has 0 aliphatic rings. The Bertz CT molecular complexity index is 551. The molecule has 0 bridgehead atoms. The van der Waals surface area contributed by atoms with Crippen molar-refractivity contribution in [1.82, 2.24) is 14.5 Å². The maximum Gasteiger partial charge on any atom is 0.267 e.